The molecule has 4 nitrogen and oxygen atoms in total. The number of likely N-dealkylation sites (N-methyl/N-ethyl adjacent to an activating group) is 1. The number of methoxy groups -OCH3 is 1. The van der Waals surface area contributed by atoms with Crippen LogP contribution in [-0.2, 0) is 11.2 Å². The SMILES string of the molecule is CN[C@@H](Cc1cc(Br)c(OC)c(Br)c1)C(=O)O. The highest BCUT2D eigenvalue weighted by Crippen LogP contribution is 2.34. The summed E-state index contributed by atoms with van der Waals surface area (Å²) in [5, 5.41) is 11.7. The van der Waals surface area contributed by atoms with E-state index in [1.54, 1.807) is 14.2 Å². The number of benzene rings is 1. The molecule has 0 aliphatic carbocycles. The lowest BCUT2D eigenvalue weighted by Crippen LogP contribution is -2.35. The van der Waals surface area contributed by atoms with Crippen LogP contribution >= 0.6 is 31.9 Å². The van der Waals surface area contributed by atoms with Crippen molar-refractivity contribution in [3.63, 3.8) is 0 Å². The number of halogens is 2. The van der Waals surface area contributed by atoms with Gasteiger partial charge in [0.05, 0.1) is 16.1 Å². The predicted molar refractivity (Wildman–Crippen MR) is 72.6 cm³/mol. The smallest absolute Gasteiger partial charge is 0.321 e. The summed E-state index contributed by atoms with van der Waals surface area (Å²) >= 11 is 6.77. The molecule has 1 rings (SSSR count). The van der Waals surface area contributed by atoms with Crippen LogP contribution in [0.25, 0.3) is 0 Å². The molecule has 1 aromatic carbocycles. The third-order valence-electron chi connectivity index (χ3n) is 2.35. The van der Waals surface area contributed by atoms with Gasteiger partial charge in [0.25, 0.3) is 0 Å². The number of carboxylic acid groups (broad SMARTS) is 1. The lowest BCUT2D eigenvalue weighted by molar-refractivity contribution is -0.139. The fourth-order valence-corrected chi connectivity index (χ4v) is 3.08. The Morgan fingerprint density at radius 3 is 2.35 bits per heavy atom. The molecule has 2 N–H and O–H groups in total. The van der Waals surface area contributed by atoms with Crippen LogP contribution in [-0.4, -0.2) is 31.3 Å². The summed E-state index contributed by atoms with van der Waals surface area (Å²) in [7, 11) is 3.21. The van der Waals surface area contributed by atoms with E-state index in [1.807, 2.05) is 12.1 Å². The summed E-state index contributed by atoms with van der Waals surface area (Å²) in [6, 6.07) is 3.12. The summed E-state index contributed by atoms with van der Waals surface area (Å²) in [5.41, 5.74) is 0.909. The van der Waals surface area contributed by atoms with E-state index in [4.69, 9.17) is 9.84 Å². The Kier molecular flexibility index (Phi) is 5.42. The Morgan fingerprint density at radius 1 is 1.47 bits per heavy atom. The first kappa shape index (κ1) is 14.5. The molecule has 0 bridgehead atoms. The van der Waals surface area contributed by atoms with Crippen molar-refractivity contribution in [1.82, 2.24) is 5.32 Å². The van der Waals surface area contributed by atoms with Crippen molar-refractivity contribution in [2.75, 3.05) is 14.2 Å². The lowest BCUT2D eigenvalue weighted by atomic mass is 10.1. The standard InChI is InChI=1S/C11H13Br2NO3/c1-14-9(11(15)16)5-6-3-7(12)10(17-2)8(13)4-6/h3-4,9,14H,5H2,1-2H3,(H,15,16)/t9-/m0/s1. The topological polar surface area (TPSA) is 58.6 Å². The molecule has 0 unspecified atom stereocenters. The summed E-state index contributed by atoms with van der Waals surface area (Å²) in [6.07, 6.45) is 0.410. The summed E-state index contributed by atoms with van der Waals surface area (Å²) in [5.74, 6) is -0.166. The number of aliphatic carboxylic acids is 1. The van der Waals surface area contributed by atoms with Crippen LogP contribution in [0.5, 0.6) is 5.75 Å². The second-order valence-electron chi connectivity index (χ2n) is 3.48. The minimum absolute atomic E-state index is 0.410. The van der Waals surface area contributed by atoms with E-state index in [1.165, 1.54) is 0 Å². The molecule has 0 aliphatic heterocycles. The molecular weight excluding hydrogens is 354 g/mol. The van der Waals surface area contributed by atoms with E-state index >= 15 is 0 Å². The zero-order chi connectivity index (χ0) is 13.0. The third-order valence-corrected chi connectivity index (χ3v) is 3.53. The molecule has 0 aromatic heterocycles. The molecule has 0 fully saturated rings. The van der Waals surface area contributed by atoms with Crippen molar-refractivity contribution in [3.8, 4) is 5.75 Å². The van der Waals surface area contributed by atoms with E-state index in [0.717, 1.165) is 14.5 Å². The number of carboxylic acids is 1. The zero-order valence-electron chi connectivity index (χ0n) is 9.46. The van der Waals surface area contributed by atoms with Crippen molar-refractivity contribution in [2.24, 2.45) is 0 Å². The Hall–Kier alpha value is -0.590. The Morgan fingerprint density at radius 2 is 2.00 bits per heavy atom. The van der Waals surface area contributed by atoms with Crippen molar-refractivity contribution in [1.29, 1.82) is 0 Å². The molecule has 0 heterocycles. The zero-order valence-corrected chi connectivity index (χ0v) is 12.6. The maximum atomic E-state index is 10.9. The second-order valence-corrected chi connectivity index (χ2v) is 5.19. The molecule has 94 valence electrons. The Labute approximate surface area is 117 Å². The van der Waals surface area contributed by atoms with Gasteiger partial charge in [0.2, 0.25) is 0 Å². The van der Waals surface area contributed by atoms with Crippen LogP contribution < -0.4 is 10.1 Å². The lowest BCUT2D eigenvalue weighted by Gasteiger charge is -2.13. The molecular formula is C11H13Br2NO3. The van der Waals surface area contributed by atoms with E-state index in [0.29, 0.717) is 12.2 Å². The highest BCUT2D eigenvalue weighted by atomic mass is 79.9. The van der Waals surface area contributed by atoms with Gasteiger partial charge >= 0.3 is 5.97 Å². The largest absolute Gasteiger partial charge is 0.494 e. The van der Waals surface area contributed by atoms with Gasteiger partial charge in [0, 0.05) is 0 Å². The molecule has 1 atom stereocenters. The quantitative estimate of drug-likeness (QED) is 0.840. The summed E-state index contributed by atoms with van der Waals surface area (Å²) in [6.45, 7) is 0. The number of hydrogen-bond donors (Lipinski definition) is 2. The Balaban J connectivity index is 2.97. The van der Waals surface area contributed by atoms with Crippen LogP contribution in [0.4, 0.5) is 0 Å². The van der Waals surface area contributed by atoms with E-state index in [-0.39, 0.29) is 0 Å². The molecule has 0 spiro atoms. The molecule has 0 saturated carbocycles. The van der Waals surface area contributed by atoms with Gasteiger partial charge < -0.3 is 15.2 Å². The van der Waals surface area contributed by atoms with Gasteiger partial charge in [0.15, 0.2) is 0 Å². The minimum atomic E-state index is -0.865. The van der Waals surface area contributed by atoms with Crippen molar-refractivity contribution in [3.05, 3.63) is 26.6 Å². The molecule has 0 radical (unpaired) electrons. The fraction of sp³-hybridized carbons (Fsp3) is 0.364. The normalized spacial score (nSPS) is 12.2. The van der Waals surface area contributed by atoms with Crippen LogP contribution in [0.1, 0.15) is 5.56 Å². The highest BCUT2D eigenvalue weighted by Gasteiger charge is 2.17. The average Bonchev–Trinajstić information content (AvgIpc) is 2.25. The van der Waals surface area contributed by atoms with Gasteiger partial charge in [-0.3, -0.25) is 4.79 Å². The van der Waals surface area contributed by atoms with E-state index in [9.17, 15) is 4.79 Å². The maximum absolute atomic E-state index is 10.9. The molecule has 0 aliphatic rings. The second kappa shape index (κ2) is 6.37. The monoisotopic (exact) mass is 365 g/mol. The van der Waals surface area contributed by atoms with Gasteiger partial charge in [-0.15, -0.1) is 0 Å². The van der Waals surface area contributed by atoms with Crippen LogP contribution in [0, 0.1) is 0 Å². The molecule has 1 aromatic rings. The highest BCUT2D eigenvalue weighted by molar-refractivity contribution is 9.11. The van der Waals surface area contributed by atoms with Gasteiger partial charge in [0.1, 0.15) is 11.8 Å². The maximum Gasteiger partial charge on any atom is 0.321 e. The minimum Gasteiger partial charge on any atom is -0.494 e. The first-order valence-electron chi connectivity index (χ1n) is 4.91. The van der Waals surface area contributed by atoms with Crippen LogP contribution in [0.15, 0.2) is 21.1 Å². The van der Waals surface area contributed by atoms with Gasteiger partial charge in [-0.2, -0.15) is 0 Å². The van der Waals surface area contributed by atoms with Gasteiger partial charge in [-0.05, 0) is 63.0 Å². The summed E-state index contributed by atoms with van der Waals surface area (Å²) < 4.78 is 6.78. The summed E-state index contributed by atoms with van der Waals surface area (Å²) in [4.78, 5) is 10.9. The van der Waals surface area contributed by atoms with Crippen molar-refractivity contribution >= 4 is 37.8 Å². The first-order chi connectivity index (χ1) is 7.99. The molecule has 6 heteroatoms. The van der Waals surface area contributed by atoms with E-state index < -0.39 is 12.0 Å². The van der Waals surface area contributed by atoms with E-state index in [2.05, 4.69) is 37.2 Å². The molecule has 0 saturated heterocycles. The van der Waals surface area contributed by atoms with Gasteiger partial charge in [-0.25, -0.2) is 0 Å². The average molecular weight is 367 g/mol. The number of carbonyl (C=O) groups is 1. The van der Waals surface area contributed by atoms with Crippen LogP contribution in [0.2, 0.25) is 0 Å². The Bertz CT molecular complexity index is 400. The number of hydrogen-bond acceptors (Lipinski definition) is 3. The number of rotatable bonds is 5. The number of ether oxygens (including phenoxy) is 1. The van der Waals surface area contributed by atoms with Gasteiger partial charge in [-0.1, -0.05) is 0 Å². The number of nitrogens with one attached hydrogen (secondary N) is 1. The predicted octanol–water partition coefficient (Wildman–Crippen LogP) is 2.44. The van der Waals surface area contributed by atoms with Crippen molar-refractivity contribution in [2.45, 2.75) is 12.5 Å². The molecule has 17 heavy (non-hydrogen) atoms. The molecule has 0 amide bonds. The van der Waals surface area contributed by atoms with Crippen molar-refractivity contribution < 1.29 is 14.6 Å². The third kappa shape index (κ3) is 3.69. The first-order valence-corrected chi connectivity index (χ1v) is 6.50. The fourth-order valence-electron chi connectivity index (χ4n) is 1.47. The van der Waals surface area contributed by atoms with Crippen LogP contribution in [0.3, 0.4) is 0 Å².